The standard InChI is InChI=1S/C23H34N2O4/c1-17(2)22(25-20(26)15-18-11-7-6-8-12-18)23(28)29-16-21(27)24-19-13-9-4-3-5-10-14-19/h6-8,11-12,17,19,22H,3-5,9-10,13-16H2,1-2H3,(H,24,27)(H,25,26)/t22-/m0/s1. The van der Waals surface area contributed by atoms with Gasteiger partial charge in [-0.3, -0.25) is 9.59 Å². The molecule has 2 amide bonds. The largest absolute Gasteiger partial charge is 0.454 e. The Morgan fingerprint density at radius 2 is 1.59 bits per heavy atom. The molecule has 1 aromatic rings. The Kier molecular flexibility index (Phi) is 9.68. The molecule has 0 heterocycles. The van der Waals surface area contributed by atoms with Crippen molar-refractivity contribution in [1.82, 2.24) is 10.6 Å². The lowest BCUT2D eigenvalue weighted by atomic mass is 9.97. The van der Waals surface area contributed by atoms with Crippen molar-refractivity contribution in [3.05, 3.63) is 35.9 Å². The highest BCUT2D eigenvalue weighted by Gasteiger charge is 2.26. The first kappa shape index (κ1) is 22.9. The average molecular weight is 403 g/mol. The molecule has 0 unspecified atom stereocenters. The van der Waals surface area contributed by atoms with Crippen molar-refractivity contribution in [3.8, 4) is 0 Å². The molecule has 1 atom stereocenters. The molecule has 0 aromatic heterocycles. The van der Waals surface area contributed by atoms with Gasteiger partial charge < -0.3 is 15.4 Å². The fourth-order valence-electron chi connectivity index (χ4n) is 3.60. The lowest BCUT2D eigenvalue weighted by Crippen LogP contribution is -2.47. The summed E-state index contributed by atoms with van der Waals surface area (Å²) >= 11 is 0. The van der Waals surface area contributed by atoms with Gasteiger partial charge in [-0.2, -0.15) is 0 Å². The van der Waals surface area contributed by atoms with E-state index in [2.05, 4.69) is 10.6 Å². The van der Waals surface area contributed by atoms with Crippen molar-refractivity contribution in [2.45, 2.75) is 77.3 Å². The second kappa shape index (κ2) is 12.2. The Bertz CT molecular complexity index is 652. The van der Waals surface area contributed by atoms with Crippen LogP contribution in [0.25, 0.3) is 0 Å². The molecule has 29 heavy (non-hydrogen) atoms. The van der Waals surface area contributed by atoms with Gasteiger partial charge in [-0.25, -0.2) is 4.79 Å². The number of carbonyl (C=O) groups is 3. The van der Waals surface area contributed by atoms with E-state index in [-0.39, 0.29) is 36.8 Å². The number of ether oxygens (including phenoxy) is 1. The van der Waals surface area contributed by atoms with Crippen molar-refractivity contribution < 1.29 is 19.1 Å². The van der Waals surface area contributed by atoms with Gasteiger partial charge in [0.1, 0.15) is 6.04 Å². The summed E-state index contributed by atoms with van der Waals surface area (Å²) in [6, 6.07) is 8.73. The molecule has 0 bridgehead atoms. The molecule has 0 spiro atoms. The summed E-state index contributed by atoms with van der Waals surface area (Å²) in [7, 11) is 0. The first-order chi connectivity index (χ1) is 14.0. The highest BCUT2D eigenvalue weighted by atomic mass is 16.5. The zero-order valence-electron chi connectivity index (χ0n) is 17.6. The summed E-state index contributed by atoms with van der Waals surface area (Å²) in [5.74, 6) is -1.24. The number of nitrogens with one attached hydrogen (secondary N) is 2. The van der Waals surface area contributed by atoms with Gasteiger partial charge in [0.15, 0.2) is 6.61 Å². The van der Waals surface area contributed by atoms with Crippen LogP contribution in [0.15, 0.2) is 30.3 Å². The number of benzene rings is 1. The van der Waals surface area contributed by atoms with Crippen LogP contribution in [0.2, 0.25) is 0 Å². The molecule has 1 fully saturated rings. The lowest BCUT2D eigenvalue weighted by Gasteiger charge is -2.22. The van der Waals surface area contributed by atoms with Crippen molar-refractivity contribution in [2.24, 2.45) is 5.92 Å². The van der Waals surface area contributed by atoms with Crippen molar-refractivity contribution in [1.29, 1.82) is 0 Å². The van der Waals surface area contributed by atoms with Crippen LogP contribution in [-0.4, -0.2) is 36.5 Å². The Hall–Kier alpha value is -2.37. The van der Waals surface area contributed by atoms with Gasteiger partial charge in [-0.15, -0.1) is 0 Å². The minimum Gasteiger partial charge on any atom is -0.454 e. The molecule has 160 valence electrons. The number of hydrogen-bond donors (Lipinski definition) is 2. The van der Waals surface area contributed by atoms with Crippen LogP contribution < -0.4 is 10.6 Å². The SMILES string of the molecule is CC(C)[C@H](NC(=O)Cc1ccccc1)C(=O)OCC(=O)NC1CCCCCCC1. The van der Waals surface area contributed by atoms with Gasteiger partial charge >= 0.3 is 5.97 Å². The number of rotatable bonds is 8. The first-order valence-electron chi connectivity index (χ1n) is 10.7. The quantitative estimate of drug-likeness (QED) is 0.654. The van der Waals surface area contributed by atoms with E-state index in [9.17, 15) is 14.4 Å². The predicted molar refractivity (Wildman–Crippen MR) is 112 cm³/mol. The summed E-state index contributed by atoms with van der Waals surface area (Å²) in [6.07, 6.45) is 8.07. The van der Waals surface area contributed by atoms with Crippen LogP contribution >= 0.6 is 0 Å². The van der Waals surface area contributed by atoms with Crippen LogP contribution in [0, 0.1) is 5.92 Å². The Balaban J connectivity index is 1.79. The monoisotopic (exact) mass is 402 g/mol. The van der Waals surface area contributed by atoms with E-state index in [1.165, 1.54) is 19.3 Å². The maximum Gasteiger partial charge on any atom is 0.329 e. The molecule has 0 aliphatic heterocycles. The lowest BCUT2D eigenvalue weighted by molar-refractivity contribution is -0.153. The normalized spacial score (nSPS) is 16.4. The van der Waals surface area contributed by atoms with Crippen LogP contribution in [0.1, 0.15) is 64.4 Å². The molecule has 6 heteroatoms. The average Bonchev–Trinajstić information content (AvgIpc) is 2.67. The molecule has 1 aromatic carbocycles. The highest BCUT2D eigenvalue weighted by molar-refractivity contribution is 5.87. The fraction of sp³-hybridized carbons (Fsp3) is 0.609. The van der Waals surface area contributed by atoms with Crippen molar-refractivity contribution >= 4 is 17.8 Å². The molecule has 2 N–H and O–H groups in total. The smallest absolute Gasteiger partial charge is 0.329 e. The molecule has 1 aliphatic carbocycles. The van der Waals surface area contributed by atoms with Crippen LogP contribution in [-0.2, 0) is 25.5 Å². The third-order valence-corrected chi connectivity index (χ3v) is 5.26. The van der Waals surface area contributed by atoms with Gasteiger partial charge in [0.2, 0.25) is 5.91 Å². The Morgan fingerprint density at radius 3 is 2.21 bits per heavy atom. The maximum absolute atomic E-state index is 12.5. The topological polar surface area (TPSA) is 84.5 Å². The second-order valence-electron chi connectivity index (χ2n) is 8.17. The highest BCUT2D eigenvalue weighted by Crippen LogP contribution is 2.17. The molecule has 1 aliphatic rings. The summed E-state index contributed by atoms with van der Waals surface area (Å²) in [5, 5.41) is 5.72. The molecular formula is C23H34N2O4. The number of esters is 1. The minimum atomic E-state index is -0.777. The van der Waals surface area contributed by atoms with E-state index in [4.69, 9.17) is 4.74 Å². The third-order valence-electron chi connectivity index (χ3n) is 5.26. The van der Waals surface area contributed by atoms with E-state index in [1.54, 1.807) is 0 Å². The van der Waals surface area contributed by atoms with E-state index in [0.29, 0.717) is 0 Å². The van der Waals surface area contributed by atoms with Gasteiger partial charge in [-0.05, 0) is 24.3 Å². The Morgan fingerprint density at radius 1 is 0.966 bits per heavy atom. The summed E-state index contributed by atoms with van der Waals surface area (Å²) in [5.41, 5.74) is 0.874. The van der Waals surface area contributed by atoms with Crippen molar-refractivity contribution in [3.63, 3.8) is 0 Å². The van der Waals surface area contributed by atoms with Gasteiger partial charge in [-0.1, -0.05) is 76.3 Å². The number of hydrogen-bond acceptors (Lipinski definition) is 4. The van der Waals surface area contributed by atoms with Crippen molar-refractivity contribution in [2.75, 3.05) is 6.61 Å². The van der Waals surface area contributed by atoms with Gasteiger partial charge in [0.25, 0.3) is 5.91 Å². The second-order valence-corrected chi connectivity index (χ2v) is 8.17. The fourth-order valence-corrected chi connectivity index (χ4v) is 3.60. The van der Waals surface area contributed by atoms with E-state index in [0.717, 1.165) is 31.2 Å². The molecule has 6 nitrogen and oxygen atoms in total. The molecule has 0 saturated heterocycles. The first-order valence-corrected chi connectivity index (χ1v) is 10.7. The van der Waals surface area contributed by atoms with Gasteiger partial charge in [0.05, 0.1) is 6.42 Å². The summed E-state index contributed by atoms with van der Waals surface area (Å²) < 4.78 is 5.21. The minimum absolute atomic E-state index is 0.143. The predicted octanol–water partition coefficient (Wildman–Crippen LogP) is 3.14. The number of amides is 2. The van der Waals surface area contributed by atoms with E-state index in [1.807, 2.05) is 44.2 Å². The summed E-state index contributed by atoms with van der Waals surface area (Å²) in [6.45, 7) is 3.36. The summed E-state index contributed by atoms with van der Waals surface area (Å²) in [4.78, 5) is 36.9. The molecule has 0 radical (unpaired) electrons. The third kappa shape index (κ3) is 8.67. The Labute approximate surface area is 173 Å². The molecular weight excluding hydrogens is 368 g/mol. The molecule has 2 rings (SSSR count). The van der Waals surface area contributed by atoms with E-state index < -0.39 is 12.0 Å². The van der Waals surface area contributed by atoms with Crippen LogP contribution in [0.3, 0.4) is 0 Å². The van der Waals surface area contributed by atoms with Gasteiger partial charge in [0, 0.05) is 6.04 Å². The zero-order valence-corrected chi connectivity index (χ0v) is 17.6. The molecule has 1 saturated carbocycles. The van der Waals surface area contributed by atoms with E-state index >= 15 is 0 Å². The van der Waals surface area contributed by atoms with Crippen LogP contribution in [0.5, 0.6) is 0 Å². The maximum atomic E-state index is 12.5. The number of carbonyl (C=O) groups excluding carboxylic acids is 3. The van der Waals surface area contributed by atoms with Crippen LogP contribution in [0.4, 0.5) is 0 Å². The zero-order chi connectivity index (χ0) is 21.1.